The van der Waals surface area contributed by atoms with Crippen LogP contribution in [0.1, 0.15) is 53.9 Å². The van der Waals surface area contributed by atoms with Crippen molar-refractivity contribution in [2.45, 2.75) is 38.3 Å². The number of carbonyl (C=O) groups excluding carboxylic acids is 1. The van der Waals surface area contributed by atoms with Crippen LogP contribution >= 0.6 is 0 Å². The van der Waals surface area contributed by atoms with E-state index in [-0.39, 0.29) is 23.1 Å². The van der Waals surface area contributed by atoms with Crippen LogP contribution in [0.2, 0.25) is 0 Å². The Morgan fingerprint density at radius 3 is 2.85 bits per heavy atom. The Balaban J connectivity index is 1.49. The lowest BCUT2D eigenvalue weighted by Gasteiger charge is -2.32. The highest BCUT2D eigenvalue weighted by molar-refractivity contribution is 5.93. The Labute approximate surface area is 149 Å². The molecule has 0 radical (unpaired) electrons. The average Bonchev–Trinajstić information content (AvgIpc) is 3.41. The number of para-hydroxylation sites is 1. The number of nitrogens with zero attached hydrogens (tertiary/aromatic N) is 4. The van der Waals surface area contributed by atoms with Crippen LogP contribution in [0.5, 0.6) is 0 Å². The molecule has 1 saturated carbocycles. The van der Waals surface area contributed by atoms with E-state index in [9.17, 15) is 9.59 Å². The monoisotopic (exact) mass is 350 g/mol. The second-order valence-corrected chi connectivity index (χ2v) is 6.97. The molecular weight excluding hydrogens is 332 g/mol. The lowest BCUT2D eigenvalue weighted by Crippen LogP contribution is -2.41. The fraction of sp³-hybridized carbons (Fsp3) is 0.368. The minimum Gasteiger partial charge on any atom is -0.451 e. The minimum atomic E-state index is -0.289. The first-order valence-corrected chi connectivity index (χ1v) is 8.90. The summed E-state index contributed by atoms with van der Waals surface area (Å²) in [6.07, 6.45) is 2.28. The number of amides is 1. The molecule has 5 rings (SSSR count). The van der Waals surface area contributed by atoms with Gasteiger partial charge in [-0.15, -0.1) is 0 Å². The first-order chi connectivity index (χ1) is 12.6. The molecule has 132 valence electrons. The molecule has 3 aromatic rings. The smallest absolute Gasteiger partial charge is 0.290 e. The number of carbonyl (C=O) groups is 1. The molecule has 1 amide bonds. The second kappa shape index (κ2) is 5.52. The molecule has 2 aromatic heterocycles. The maximum absolute atomic E-state index is 13.0. The van der Waals surface area contributed by atoms with Gasteiger partial charge in [0.05, 0.1) is 18.0 Å². The van der Waals surface area contributed by atoms with Crippen molar-refractivity contribution >= 4 is 16.9 Å². The summed E-state index contributed by atoms with van der Waals surface area (Å²) in [4.78, 5) is 31.7. The molecule has 7 heteroatoms. The van der Waals surface area contributed by atoms with Gasteiger partial charge in [-0.1, -0.05) is 12.1 Å². The van der Waals surface area contributed by atoms with Gasteiger partial charge in [-0.3, -0.25) is 9.59 Å². The molecule has 1 fully saturated rings. The van der Waals surface area contributed by atoms with Crippen molar-refractivity contribution in [2.75, 3.05) is 6.54 Å². The lowest BCUT2D eigenvalue weighted by atomic mass is 10.1. The van der Waals surface area contributed by atoms with Gasteiger partial charge in [0.2, 0.25) is 0 Å². The number of benzene rings is 1. The van der Waals surface area contributed by atoms with E-state index < -0.39 is 0 Å². The third-order valence-corrected chi connectivity index (χ3v) is 5.16. The Bertz CT molecular complexity index is 1080. The molecule has 1 atom stereocenters. The van der Waals surface area contributed by atoms with Gasteiger partial charge in [-0.2, -0.15) is 5.10 Å². The van der Waals surface area contributed by atoms with Gasteiger partial charge in [-0.25, -0.2) is 9.67 Å². The number of rotatable bonds is 2. The molecule has 1 aliphatic heterocycles. The highest BCUT2D eigenvalue weighted by Crippen LogP contribution is 2.39. The average molecular weight is 350 g/mol. The number of aromatic nitrogens is 3. The molecule has 0 bridgehead atoms. The zero-order chi connectivity index (χ0) is 17.8. The highest BCUT2D eigenvalue weighted by Gasteiger charge is 2.35. The quantitative estimate of drug-likeness (QED) is 0.709. The van der Waals surface area contributed by atoms with Crippen molar-refractivity contribution < 1.29 is 9.21 Å². The molecule has 26 heavy (non-hydrogen) atoms. The molecular formula is C19H18N4O3. The summed E-state index contributed by atoms with van der Waals surface area (Å²) in [5.74, 6) is 1.94. The van der Waals surface area contributed by atoms with E-state index in [0.29, 0.717) is 30.0 Å². The summed E-state index contributed by atoms with van der Waals surface area (Å²) in [5.41, 5.74) is 0.214. The van der Waals surface area contributed by atoms with E-state index >= 15 is 0 Å². The number of fused-ring (bicyclic) bond motifs is 2. The van der Waals surface area contributed by atoms with Crippen LogP contribution in [0.4, 0.5) is 0 Å². The summed E-state index contributed by atoms with van der Waals surface area (Å²) in [6.45, 7) is 3.05. The van der Waals surface area contributed by atoms with E-state index in [1.165, 1.54) is 6.07 Å². The van der Waals surface area contributed by atoms with Gasteiger partial charge in [-0.05, 0) is 31.9 Å². The van der Waals surface area contributed by atoms with Gasteiger partial charge in [0.25, 0.3) is 5.91 Å². The van der Waals surface area contributed by atoms with Crippen molar-refractivity contribution in [3.05, 3.63) is 58.0 Å². The predicted octanol–water partition coefficient (Wildman–Crippen LogP) is 2.48. The largest absolute Gasteiger partial charge is 0.451 e. The second-order valence-electron chi connectivity index (χ2n) is 6.97. The zero-order valence-electron chi connectivity index (χ0n) is 14.4. The first-order valence-electron chi connectivity index (χ1n) is 8.90. The molecule has 0 N–H and O–H groups in total. The standard InChI is InChI=1S/C19H18N4O3/c1-11-18-20-17(12-6-7-12)21-23(18)9-8-22(11)19(25)16-10-14(24)13-4-2-3-5-15(13)26-16/h2-5,10-12H,6-9H2,1H3/t11-/m1/s1. The third-order valence-electron chi connectivity index (χ3n) is 5.16. The van der Waals surface area contributed by atoms with Crippen LogP contribution in [0.15, 0.2) is 39.5 Å². The summed E-state index contributed by atoms with van der Waals surface area (Å²) >= 11 is 0. The maximum Gasteiger partial charge on any atom is 0.290 e. The Morgan fingerprint density at radius 1 is 1.23 bits per heavy atom. The highest BCUT2D eigenvalue weighted by atomic mass is 16.3. The van der Waals surface area contributed by atoms with Crippen LogP contribution in [0.25, 0.3) is 11.0 Å². The molecule has 2 aliphatic rings. The van der Waals surface area contributed by atoms with Crippen molar-refractivity contribution in [3.63, 3.8) is 0 Å². The van der Waals surface area contributed by atoms with Crippen molar-refractivity contribution in [3.8, 4) is 0 Å². The molecule has 7 nitrogen and oxygen atoms in total. The molecule has 0 spiro atoms. The number of hydrogen-bond acceptors (Lipinski definition) is 5. The van der Waals surface area contributed by atoms with Crippen LogP contribution in [-0.4, -0.2) is 32.1 Å². The fourth-order valence-electron chi connectivity index (χ4n) is 3.52. The SMILES string of the molecule is C[C@@H]1c2nc(C3CC3)nn2CCN1C(=O)c1cc(=O)c2ccccc2o1. The van der Waals surface area contributed by atoms with Crippen molar-refractivity contribution in [1.82, 2.24) is 19.7 Å². The van der Waals surface area contributed by atoms with Crippen LogP contribution in [0, 0.1) is 0 Å². The topological polar surface area (TPSA) is 81.2 Å². The van der Waals surface area contributed by atoms with Crippen molar-refractivity contribution in [1.29, 1.82) is 0 Å². The first kappa shape index (κ1) is 15.3. The Kier molecular flexibility index (Phi) is 3.25. The number of hydrogen-bond donors (Lipinski definition) is 0. The van der Waals surface area contributed by atoms with Gasteiger partial charge < -0.3 is 9.32 Å². The van der Waals surface area contributed by atoms with Gasteiger partial charge in [0.1, 0.15) is 11.4 Å². The summed E-state index contributed by atoms with van der Waals surface area (Å²) < 4.78 is 7.61. The van der Waals surface area contributed by atoms with E-state index in [4.69, 9.17) is 4.42 Å². The molecule has 0 saturated heterocycles. The summed E-state index contributed by atoms with van der Waals surface area (Å²) in [7, 11) is 0. The van der Waals surface area contributed by atoms with Crippen LogP contribution < -0.4 is 5.43 Å². The summed E-state index contributed by atoms with van der Waals surface area (Å²) in [5, 5.41) is 5.06. The van der Waals surface area contributed by atoms with Gasteiger partial charge in [0.15, 0.2) is 17.0 Å². The molecule has 1 aromatic carbocycles. The lowest BCUT2D eigenvalue weighted by molar-refractivity contribution is 0.0598. The third kappa shape index (κ3) is 2.34. The predicted molar refractivity (Wildman–Crippen MR) is 93.9 cm³/mol. The maximum atomic E-state index is 13.0. The molecule has 3 heterocycles. The Morgan fingerprint density at radius 2 is 2.04 bits per heavy atom. The normalized spacial score (nSPS) is 19.6. The zero-order valence-corrected chi connectivity index (χ0v) is 14.4. The fourth-order valence-corrected chi connectivity index (χ4v) is 3.52. The van der Waals surface area contributed by atoms with Gasteiger partial charge in [0, 0.05) is 18.5 Å². The molecule has 1 aliphatic carbocycles. The van der Waals surface area contributed by atoms with Crippen molar-refractivity contribution in [2.24, 2.45) is 0 Å². The molecule has 0 unspecified atom stereocenters. The van der Waals surface area contributed by atoms with E-state index in [2.05, 4.69) is 10.1 Å². The minimum absolute atomic E-state index is 0.0657. The summed E-state index contributed by atoms with van der Waals surface area (Å²) in [6, 6.07) is 8.02. The van der Waals surface area contributed by atoms with Gasteiger partial charge >= 0.3 is 0 Å². The van der Waals surface area contributed by atoms with Crippen LogP contribution in [-0.2, 0) is 6.54 Å². The van der Waals surface area contributed by atoms with Crippen LogP contribution in [0.3, 0.4) is 0 Å². The Hall–Kier alpha value is -2.96. The van der Waals surface area contributed by atoms with E-state index in [1.807, 2.05) is 11.6 Å². The van der Waals surface area contributed by atoms with E-state index in [1.54, 1.807) is 29.2 Å². The van der Waals surface area contributed by atoms with E-state index in [0.717, 1.165) is 24.5 Å².